The molecule has 1 aliphatic rings. The lowest BCUT2D eigenvalue weighted by molar-refractivity contribution is 1.01. The molecule has 5 nitrogen and oxygen atoms in total. The molecule has 1 aliphatic carbocycles. The van der Waals surface area contributed by atoms with E-state index >= 15 is 0 Å². The Balaban J connectivity index is 1.22. The van der Waals surface area contributed by atoms with Crippen LogP contribution in [-0.4, -0.2) is 24.9 Å². The van der Waals surface area contributed by atoms with Gasteiger partial charge in [0.1, 0.15) is 0 Å². The summed E-state index contributed by atoms with van der Waals surface area (Å²) in [6.45, 7) is 0. The molecule has 5 heteroatoms. The Kier molecular flexibility index (Phi) is 9.02. The molecule has 0 amide bonds. The molecular formula is C49H35N5. The summed E-state index contributed by atoms with van der Waals surface area (Å²) in [5.74, 6) is 1.95. The van der Waals surface area contributed by atoms with E-state index in [-0.39, 0.29) is 0 Å². The highest BCUT2D eigenvalue weighted by molar-refractivity contribution is 5.89. The number of benzene rings is 6. The Morgan fingerprint density at radius 3 is 1.31 bits per heavy atom. The quantitative estimate of drug-likeness (QED) is 0.158. The summed E-state index contributed by atoms with van der Waals surface area (Å²) in [4.78, 5) is 26.0. The fraction of sp³-hybridized carbons (Fsp3) is 0.0408. The summed E-state index contributed by atoms with van der Waals surface area (Å²) < 4.78 is 0. The molecule has 0 saturated heterocycles. The summed E-state index contributed by atoms with van der Waals surface area (Å²) in [5, 5.41) is 0. The molecule has 54 heavy (non-hydrogen) atoms. The van der Waals surface area contributed by atoms with Crippen molar-refractivity contribution in [2.24, 2.45) is 0 Å². The van der Waals surface area contributed by atoms with Gasteiger partial charge in [-0.1, -0.05) is 182 Å². The first-order chi connectivity index (χ1) is 26.8. The average Bonchev–Trinajstić information content (AvgIpc) is 3.27. The second-order valence-electron chi connectivity index (χ2n) is 13.2. The van der Waals surface area contributed by atoms with Crippen LogP contribution in [0, 0.1) is 0 Å². The Bertz CT molecular complexity index is 2630. The van der Waals surface area contributed by atoms with E-state index in [0.717, 1.165) is 85.7 Å². The number of allylic oxidation sites excluding steroid dienone is 4. The summed E-state index contributed by atoms with van der Waals surface area (Å²) in [7, 11) is 0. The van der Waals surface area contributed by atoms with Gasteiger partial charge in [0.2, 0.25) is 0 Å². The Morgan fingerprint density at radius 2 is 0.759 bits per heavy atom. The van der Waals surface area contributed by atoms with Crippen molar-refractivity contribution in [2.75, 3.05) is 0 Å². The van der Waals surface area contributed by atoms with Crippen LogP contribution in [0.3, 0.4) is 0 Å². The molecule has 0 saturated carbocycles. The number of nitrogens with zero attached hydrogens (tertiary/aromatic N) is 5. The van der Waals surface area contributed by atoms with Crippen molar-refractivity contribution in [1.82, 2.24) is 24.9 Å². The minimum Gasteiger partial charge on any atom is -0.243 e. The predicted octanol–water partition coefficient (Wildman–Crippen LogP) is 12.1. The van der Waals surface area contributed by atoms with Gasteiger partial charge in [0, 0.05) is 39.0 Å². The first-order valence-electron chi connectivity index (χ1n) is 18.3. The lowest BCUT2D eigenvalue weighted by Crippen LogP contribution is -2.03. The third kappa shape index (κ3) is 6.67. The molecule has 9 rings (SSSR count). The van der Waals surface area contributed by atoms with Crippen LogP contribution in [0.4, 0.5) is 0 Å². The van der Waals surface area contributed by atoms with E-state index in [0.29, 0.717) is 17.5 Å². The molecule has 0 spiro atoms. The normalized spacial score (nSPS) is 12.3. The monoisotopic (exact) mass is 693 g/mol. The van der Waals surface area contributed by atoms with E-state index in [4.69, 9.17) is 24.9 Å². The Hall–Kier alpha value is -7.11. The maximum absolute atomic E-state index is 5.48. The highest BCUT2D eigenvalue weighted by atomic mass is 15.0. The van der Waals surface area contributed by atoms with Crippen LogP contribution in [0.5, 0.6) is 0 Å². The van der Waals surface area contributed by atoms with Gasteiger partial charge in [0.25, 0.3) is 0 Å². The summed E-state index contributed by atoms with van der Waals surface area (Å²) in [5.41, 5.74) is 12.2. The van der Waals surface area contributed by atoms with Crippen molar-refractivity contribution in [3.05, 3.63) is 194 Å². The van der Waals surface area contributed by atoms with Crippen LogP contribution in [-0.2, 0) is 0 Å². The van der Waals surface area contributed by atoms with E-state index in [2.05, 4.69) is 97.1 Å². The largest absolute Gasteiger partial charge is 0.243 e. The van der Waals surface area contributed by atoms with Crippen molar-refractivity contribution in [3.8, 4) is 78.9 Å². The van der Waals surface area contributed by atoms with Crippen molar-refractivity contribution >= 4 is 5.57 Å². The van der Waals surface area contributed by atoms with E-state index in [1.54, 1.807) is 0 Å². The molecule has 6 aromatic carbocycles. The average molecular weight is 694 g/mol. The van der Waals surface area contributed by atoms with E-state index in [1.165, 1.54) is 0 Å². The molecule has 0 radical (unpaired) electrons. The van der Waals surface area contributed by atoms with E-state index < -0.39 is 0 Å². The van der Waals surface area contributed by atoms with Gasteiger partial charge in [-0.2, -0.15) is 0 Å². The third-order valence-corrected chi connectivity index (χ3v) is 9.57. The lowest BCUT2D eigenvalue weighted by Gasteiger charge is -2.17. The minimum absolute atomic E-state index is 0.628. The maximum atomic E-state index is 5.48. The minimum atomic E-state index is 0.628. The van der Waals surface area contributed by atoms with Gasteiger partial charge < -0.3 is 0 Å². The molecule has 2 aromatic heterocycles. The van der Waals surface area contributed by atoms with Gasteiger partial charge in [-0.3, -0.25) is 0 Å². The van der Waals surface area contributed by atoms with Crippen LogP contribution in [0.2, 0.25) is 0 Å². The molecule has 2 heterocycles. The summed E-state index contributed by atoms with van der Waals surface area (Å²) >= 11 is 0. The molecule has 0 bridgehead atoms. The topological polar surface area (TPSA) is 64.5 Å². The third-order valence-electron chi connectivity index (χ3n) is 9.57. The number of rotatable bonds is 8. The Labute approximate surface area is 315 Å². The summed E-state index contributed by atoms with van der Waals surface area (Å²) in [6.07, 6.45) is 8.49. The zero-order valence-electron chi connectivity index (χ0n) is 29.5. The molecule has 256 valence electrons. The van der Waals surface area contributed by atoms with Crippen LogP contribution >= 0.6 is 0 Å². The first-order valence-corrected chi connectivity index (χ1v) is 18.3. The predicted molar refractivity (Wildman–Crippen MR) is 220 cm³/mol. The second kappa shape index (κ2) is 14.9. The maximum Gasteiger partial charge on any atom is 0.164 e. The smallest absolute Gasteiger partial charge is 0.164 e. The molecular weight excluding hydrogens is 659 g/mol. The molecule has 0 fully saturated rings. The molecule has 8 aromatic rings. The van der Waals surface area contributed by atoms with Gasteiger partial charge >= 0.3 is 0 Å². The van der Waals surface area contributed by atoms with E-state index in [9.17, 15) is 0 Å². The molecule has 0 aliphatic heterocycles. The van der Waals surface area contributed by atoms with Crippen LogP contribution < -0.4 is 0 Å². The highest BCUT2D eigenvalue weighted by Gasteiger charge is 2.21. The van der Waals surface area contributed by atoms with Crippen molar-refractivity contribution in [3.63, 3.8) is 0 Å². The first kappa shape index (κ1) is 32.8. The SMILES string of the molecule is C1=CC(c2nc(-c3ccccc3)nc(-c3ccccc3-c3cccc(-c4nc(-c5ccccc5)c(-c5ccccc5)nc4-c4ccccc4)c3)n2)=CCC1. The van der Waals surface area contributed by atoms with Crippen LogP contribution in [0.15, 0.2) is 188 Å². The van der Waals surface area contributed by atoms with Gasteiger partial charge in [0.15, 0.2) is 17.5 Å². The van der Waals surface area contributed by atoms with Gasteiger partial charge in [-0.25, -0.2) is 24.9 Å². The fourth-order valence-electron chi connectivity index (χ4n) is 6.91. The standard InChI is InChI=1S/C49H35N5/c1-6-19-34(20-7-1)43-44(35-21-8-2-9-22-35)51-46(45(50-43)36-23-10-3-11-24-36)40-30-18-29-39(33-40)41-31-16-17-32-42(41)49-53-47(37-25-12-4-13-26-37)52-48(54-49)38-27-14-5-15-28-38/h1-4,6-14,16-33H,5,15H2. The fourth-order valence-corrected chi connectivity index (χ4v) is 6.91. The number of hydrogen-bond donors (Lipinski definition) is 0. The van der Waals surface area contributed by atoms with Gasteiger partial charge in [0.05, 0.1) is 22.8 Å². The lowest BCUT2D eigenvalue weighted by atomic mass is 9.95. The van der Waals surface area contributed by atoms with Crippen molar-refractivity contribution in [1.29, 1.82) is 0 Å². The second-order valence-corrected chi connectivity index (χ2v) is 13.2. The van der Waals surface area contributed by atoms with E-state index in [1.807, 2.05) is 91.0 Å². The van der Waals surface area contributed by atoms with Gasteiger partial charge in [-0.15, -0.1) is 0 Å². The van der Waals surface area contributed by atoms with Crippen molar-refractivity contribution < 1.29 is 0 Å². The molecule has 0 atom stereocenters. The molecule has 0 N–H and O–H groups in total. The van der Waals surface area contributed by atoms with Gasteiger partial charge in [-0.05, 0) is 30.0 Å². The highest BCUT2D eigenvalue weighted by Crippen LogP contribution is 2.39. The van der Waals surface area contributed by atoms with Crippen LogP contribution in [0.25, 0.3) is 84.5 Å². The molecule has 0 unspecified atom stereocenters. The zero-order valence-corrected chi connectivity index (χ0v) is 29.5. The summed E-state index contributed by atoms with van der Waals surface area (Å²) in [6, 6.07) is 58.0. The number of aromatic nitrogens is 5. The van der Waals surface area contributed by atoms with Crippen LogP contribution in [0.1, 0.15) is 18.7 Å². The van der Waals surface area contributed by atoms with Crippen molar-refractivity contribution in [2.45, 2.75) is 12.8 Å². The number of hydrogen-bond acceptors (Lipinski definition) is 5. The zero-order chi connectivity index (χ0) is 36.1. The Morgan fingerprint density at radius 1 is 0.315 bits per heavy atom.